The highest BCUT2D eigenvalue weighted by atomic mass is 19.4. The molecule has 0 radical (unpaired) electrons. The first-order chi connectivity index (χ1) is 20.1. The summed E-state index contributed by atoms with van der Waals surface area (Å²) < 4.78 is 74.8. The second kappa shape index (κ2) is 12.8. The predicted octanol–water partition coefficient (Wildman–Crippen LogP) is 7.25. The molecular formula is C31H33F5N4O2. The van der Waals surface area contributed by atoms with Crippen molar-refractivity contribution in [2.75, 3.05) is 43.1 Å². The highest BCUT2D eigenvalue weighted by molar-refractivity contribution is 6.01. The molecule has 6 nitrogen and oxygen atoms in total. The average molecular weight is 589 g/mol. The van der Waals surface area contributed by atoms with Gasteiger partial charge < -0.3 is 19.4 Å². The lowest BCUT2D eigenvalue weighted by molar-refractivity contribution is -0.141. The smallest absolute Gasteiger partial charge is 0.416 e. The number of alkyl halides is 3. The van der Waals surface area contributed by atoms with Crippen molar-refractivity contribution in [2.24, 2.45) is 4.99 Å². The maximum atomic E-state index is 15.1. The van der Waals surface area contributed by atoms with Gasteiger partial charge in [0.05, 0.1) is 25.1 Å². The van der Waals surface area contributed by atoms with Gasteiger partial charge in [-0.05, 0) is 55.0 Å². The van der Waals surface area contributed by atoms with Crippen molar-refractivity contribution in [1.29, 1.82) is 0 Å². The molecule has 42 heavy (non-hydrogen) atoms. The SMILES string of the molecule is CC.COC(=O)CC1c2cccc(F)c2N=C(N2CCN(c3ccc(F)c(C)c3)CC2)N1c1cccc(C(F)(F)F)c1. The molecule has 0 spiro atoms. The molecule has 5 rings (SSSR count). The number of guanidine groups is 1. The molecule has 1 saturated heterocycles. The van der Waals surface area contributed by atoms with Gasteiger partial charge in [-0.1, -0.05) is 32.0 Å². The number of nitrogens with zero attached hydrogens (tertiary/aromatic N) is 4. The third kappa shape index (κ3) is 6.34. The van der Waals surface area contributed by atoms with Crippen molar-refractivity contribution in [3.8, 4) is 0 Å². The van der Waals surface area contributed by atoms with Crippen molar-refractivity contribution in [3.63, 3.8) is 0 Å². The zero-order valence-corrected chi connectivity index (χ0v) is 23.9. The predicted molar refractivity (Wildman–Crippen MR) is 153 cm³/mol. The number of hydrogen-bond acceptors (Lipinski definition) is 6. The molecule has 1 atom stereocenters. The molecule has 3 aromatic carbocycles. The van der Waals surface area contributed by atoms with Crippen LogP contribution in [0.2, 0.25) is 0 Å². The molecular weight excluding hydrogens is 555 g/mol. The molecule has 224 valence electrons. The van der Waals surface area contributed by atoms with Gasteiger partial charge in [0.15, 0.2) is 0 Å². The van der Waals surface area contributed by atoms with E-state index in [9.17, 15) is 22.4 Å². The molecule has 0 saturated carbocycles. The first-order valence-corrected chi connectivity index (χ1v) is 13.7. The van der Waals surface area contributed by atoms with Gasteiger partial charge in [0.1, 0.15) is 17.3 Å². The van der Waals surface area contributed by atoms with Gasteiger partial charge in [-0.2, -0.15) is 13.2 Å². The van der Waals surface area contributed by atoms with E-state index in [1.165, 1.54) is 37.4 Å². The number of aliphatic imine (C=N–C) groups is 1. The molecule has 11 heteroatoms. The number of hydrogen-bond donors (Lipinski definition) is 0. The summed E-state index contributed by atoms with van der Waals surface area (Å²) in [7, 11) is 1.22. The topological polar surface area (TPSA) is 48.4 Å². The number of ether oxygens (including phenoxy) is 1. The minimum atomic E-state index is -4.59. The summed E-state index contributed by atoms with van der Waals surface area (Å²) in [6.45, 7) is 7.50. The van der Waals surface area contributed by atoms with Gasteiger partial charge in [-0.25, -0.2) is 13.8 Å². The fourth-order valence-corrected chi connectivity index (χ4v) is 5.13. The number of piperazine rings is 1. The van der Waals surface area contributed by atoms with E-state index in [1.807, 2.05) is 18.7 Å². The average Bonchev–Trinajstić information content (AvgIpc) is 2.99. The molecule has 0 bridgehead atoms. The lowest BCUT2D eigenvalue weighted by Gasteiger charge is -2.45. The van der Waals surface area contributed by atoms with Crippen LogP contribution in [0.1, 0.15) is 43.0 Å². The van der Waals surface area contributed by atoms with Crippen LogP contribution in [0, 0.1) is 18.6 Å². The summed E-state index contributed by atoms with van der Waals surface area (Å²) in [6.07, 6.45) is -4.83. The lowest BCUT2D eigenvalue weighted by atomic mass is 9.97. The third-order valence-electron chi connectivity index (χ3n) is 7.22. The van der Waals surface area contributed by atoms with Crippen LogP contribution < -0.4 is 9.80 Å². The molecule has 1 fully saturated rings. The lowest BCUT2D eigenvalue weighted by Crippen LogP contribution is -2.55. The first-order valence-electron chi connectivity index (χ1n) is 13.7. The number of para-hydroxylation sites is 1. The van der Waals surface area contributed by atoms with Crippen molar-refractivity contribution in [1.82, 2.24) is 4.90 Å². The second-order valence-electron chi connectivity index (χ2n) is 9.71. The third-order valence-corrected chi connectivity index (χ3v) is 7.22. The normalized spacial score (nSPS) is 16.7. The Balaban J connectivity index is 0.00000198. The molecule has 2 heterocycles. The number of aryl methyl sites for hydroxylation is 1. The summed E-state index contributed by atoms with van der Waals surface area (Å²) in [6, 6.07) is 13.1. The Morgan fingerprint density at radius 2 is 1.57 bits per heavy atom. The van der Waals surface area contributed by atoms with Crippen LogP contribution in [0.3, 0.4) is 0 Å². The number of anilines is 2. The quantitative estimate of drug-likeness (QED) is 0.237. The van der Waals surface area contributed by atoms with Gasteiger partial charge in [0, 0.05) is 43.1 Å². The van der Waals surface area contributed by atoms with E-state index in [-0.39, 0.29) is 29.6 Å². The fraction of sp³-hybridized carbons (Fsp3) is 0.355. The van der Waals surface area contributed by atoms with E-state index in [1.54, 1.807) is 30.0 Å². The molecule has 0 N–H and O–H groups in total. The Kier molecular flexibility index (Phi) is 9.38. The molecule has 2 aliphatic heterocycles. The number of fused-ring (bicyclic) bond motifs is 1. The van der Waals surface area contributed by atoms with Crippen molar-refractivity contribution >= 4 is 29.0 Å². The molecule has 0 aromatic heterocycles. The van der Waals surface area contributed by atoms with Crippen LogP contribution in [0.4, 0.5) is 39.0 Å². The number of methoxy groups -OCH3 is 1. The minimum Gasteiger partial charge on any atom is -0.469 e. The van der Waals surface area contributed by atoms with E-state index in [2.05, 4.69) is 9.89 Å². The summed E-state index contributed by atoms with van der Waals surface area (Å²) in [5.41, 5.74) is 1.07. The summed E-state index contributed by atoms with van der Waals surface area (Å²) in [5, 5.41) is 0. The van der Waals surface area contributed by atoms with Crippen molar-refractivity contribution in [2.45, 2.75) is 39.4 Å². The monoisotopic (exact) mass is 588 g/mol. The van der Waals surface area contributed by atoms with Crippen LogP contribution in [0.25, 0.3) is 0 Å². The van der Waals surface area contributed by atoms with Crippen LogP contribution in [-0.4, -0.2) is 50.1 Å². The fourth-order valence-electron chi connectivity index (χ4n) is 5.13. The Bertz CT molecular complexity index is 1450. The van der Waals surface area contributed by atoms with Gasteiger partial charge in [-0.15, -0.1) is 0 Å². The van der Waals surface area contributed by atoms with Gasteiger partial charge in [0.2, 0.25) is 5.96 Å². The van der Waals surface area contributed by atoms with Crippen molar-refractivity contribution < 1.29 is 31.5 Å². The Hall–Kier alpha value is -4.15. The number of esters is 1. The Morgan fingerprint density at radius 3 is 2.21 bits per heavy atom. The largest absolute Gasteiger partial charge is 0.469 e. The van der Waals surface area contributed by atoms with Gasteiger partial charge in [0.25, 0.3) is 0 Å². The highest BCUT2D eigenvalue weighted by Gasteiger charge is 2.39. The first kappa shape index (κ1) is 30.8. The summed E-state index contributed by atoms with van der Waals surface area (Å²) >= 11 is 0. The number of rotatable bonds is 4. The van der Waals surface area contributed by atoms with E-state index < -0.39 is 29.6 Å². The van der Waals surface area contributed by atoms with E-state index >= 15 is 4.39 Å². The number of benzene rings is 3. The molecule has 3 aromatic rings. The van der Waals surface area contributed by atoms with Crippen LogP contribution in [0.15, 0.2) is 65.7 Å². The number of carbonyl (C=O) groups is 1. The van der Waals surface area contributed by atoms with Crippen LogP contribution in [0.5, 0.6) is 0 Å². The molecule has 0 aliphatic carbocycles. The Labute approximate surface area is 242 Å². The number of carbonyl (C=O) groups excluding carboxylic acids is 1. The molecule has 2 aliphatic rings. The zero-order chi connectivity index (χ0) is 30.6. The van der Waals surface area contributed by atoms with Gasteiger partial charge in [-0.3, -0.25) is 4.79 Å². The second-order valence-corrected chi connectivity index (χ2v) is 9.71. The van der Waals surface area contributed by atoms with Crippen LogP contribution >= 0.6 is 0 Å². The summed E-state index contributed by atoms with van der Waals surface area (Å²) in [5.74, 6) is -1.27. The summed E-state index contributed by atoms with van der Waals surface area (Å²) in [4.78, 5) is 22.6. The Morgan fingerprint density at radius 1 is 0.905 bits per heavy atom. The zero-order valence-electron chi connectivity index (χ0n) is 23.9. The molecule has 1 unspecified atom stereocenters. The maximum absolute atomic E-state index is 15.1. The van der Waals surface area contributed by atoms with Crippen LogP contribution in [-0.2, 0) is 15.7 Å². The standard InChI is InChI=1S/C29H27F5N4O2.C2H6/c1-18-15-20(9-10-23(18)30)36-11-13-37(14-12-36)28-35-27-22(7-4-8-24(27)31)25(17-26(39)40-2)38(28)21-6-3-5-19(16-21)29(32,33)34;1-2/h3-10,15-16,25H,11-14,17H2,1-2H3;1-2H3. The van der Waals surface area contributed by atoms with E-state index in [0.29, 0.717) is 37.3 Å². The van der Waals surface area contributed by atoms with E-state index in [4.69, 9.17) is 4.74 Å². The number of halogens is 5. The van der Waals surface area contributed by atoms with E-state index in [0.717, 1.165) is 17.8 Å². The maximum Gasteiger partial charge on any atom is 0.416 e. The van der Waals surface area contributed by atoms with Crippen molar-refractivity contribution in [3.05, 3.63) is 89.0 Å². The van der Waals surface area contributed by atoms with Gasteiger partial charge >= 0.3 is 12.1 Å². The minimum absolute atomic E-state index is 0.0335. The highest BCUT2D eigenvalue weighted by Crippen LogP contribution is 2.43. The molecule has 0 amide bonds.